The number of hydrogen-bond donors (Lipinski definition) is 2. The summed E-state index contributed by atoms with van der Waals surface area (Å²) in [6.07, 6.45) is 2.06. The molecule has 1 amide bonds. The van der Waals surface area contributed by atoms with Crippen LogP contribution >= 0.6 is 11.6 Å². The molecule has 1 heterocycles. The lowest BCUT2D eigenvalue weighted by atomic mass is 10.1. The Balaban J connectivity index is 2.63. The van der Waals surface area contributed by atoms with Crippen LogP contribution in [-0.2, 0) is 0 Å². The summed E-state index contributed by atoms with van der Waals surface area (Å²) in [6, 6.07) is 1.54. The van der Waals surface area contributed by atoms with Crippen molar-refractivity contribution in [3.05, 3.63) is 22.8 Å². The van der Waals surface area contributed by atoms with Gasteiger partial charge in [-0.3, -0.25) is 4.79 Å². The third kappa shape index (κ3) is 5.35. The minimum Gasteiger partial charge on any atom is -0.474 e. The van der Waals surface area contributed by atoms with E-state index < -0.39 is 0 Å². The summed E-state index contributed by atoms with van der Waals surface area (Å²) in [7, 11) is 0. The van der Waals surface area contributed by atoms with E-state index >= 15 is 0 Å². The van der Waals surface area contributed by atoms with Crippen molar-refractivity contribution in [3.63, 3.8) is 0 Å². The molecular weight excluding hydrogens is 280 g/mol. The number of pyridine rings is 1. The predicted molar refractivity (Wildman–Crippen MR) is 78.2 cm³/mol. The first-order valence-electron chi connectivity index (χ1n) is 6.65. The summed E-state index contributed by atoms with van der Waals surface area (Å²) >= 11 is 6.03. The molecule has 1 atom stereocenters. The van der Waals surface area contributed by atoms with Crippen LogP contribution < -0.4 is 10.1 Å². The fourth-order valence-electron chi connectivity index (χ4n) is 1.55. The summed E-state index contributed by atoms with van der Waals surface area (Å²) < 4.78 is 5.41. The number of carbonyl (C=O) groups is 1. The lowest BCUT2D eigenvalue weighted by Crippen LogP contribution is -2.28. The third-order valence-electron chi connectivity index (χ3n) is 2.65. The average Bonchev–Trinajstić information content (AvgIpc) is 2.38. The van der Waals surface area contributed by atoms with Gasteiger partial charge in [0.25, 0.3) is 5.91 Å². The molecule has 2 N–H and O–H groups in total. The number of nitrogens with one attached hydrogen (secondary N) is 1. The maximum atomic E-state index is 11.9. The van der Waals surface area contributed by atoms with Crippen molar-refractivity contribution < 1.29 is 14.6 Å². The molecule has 1 aromatic rings. The molecule has 1 unspecified atom stereocenters. The van der Waals surface area contributed by atoms with Crippen LogP contribution in [0.2, 0.25) is 5.02 Å². The van der Waals surface area contributed by atoms with Gasteiger partial charge in [-0.15, -0.1) is 0 Å². The van der Waals surface area contributed by atoms with Crippen LogP contribution in [0, 0.1) is 5.92 Å². The fourth-order valence-corrected chi connectivity index (χ4v) is 1.76. The van der Waals surface area contributed by atoms with Gasteiger partial charge < -0.3 is 15.2 Å². The highest BCUT2D eigenvalue weighted by Gasteiger charge is 2.12. The number of amides is 1. The Morgan fingerprint density at radius 3 is 2.75 bits per heavy atom. The second kappa shape index (κ2) is 8.07. The number of nitrogens with zero attached hydrogens (tertiary/aromatic N) is 1. The zero-order valence-corrected chi connectivity index (χ0v) is 12.8. The molecule has 0 aliphatic rings. The fraction of sp³-hybridized carbons (Fsp3) is 0.571. The Morgan fingerprint density at radius 2 is 2.20 bits per heavy atom. The second-order valence-corrected chi connectivity index (χ2v) is 5.41. The Hall–Kier alpha value is -1.33. The van der Waals surface area contributed by atoms with E-state index in [0.29, 0.717) is 29.4 Å². The molecule has 5 nitrogen and oxygen atoms in total. The molecule has 1 aromatic heterocycles. The largest absolute Gasteiger partial charge is 0.474 e. The molecule has 6 heteroatoms. The standard InChI is InChI=1S/C14H21ClN2O3/c1-9(2)20-14-12(15)6-11(8-17-14)13(19)16-7-10(3)4-5-18/h6,8-10,18H,4-5,7H2,1-3H3,(H,16,19). The van der Waals surface area contributed by atoms with E-state index in [1.54, 1.807) is 0 Å². The number of ether oxygens (including phenoxy) is 1. The zero-order chi connectivity index (χ0) is 15.1. The Labute approximate surface area is 124 Å². The molecule has 1 rings (SSSR count). The predicted octanol–water partition coefficient (Wildman–Crippen LogP) is 2.27. The molecule has 0 saturated carbocycles. The van der Waals surface area contributed by atoms with Gasteiger partial charge in [0.05, 0.1) is 11.7 Å². The molecule has 0 spiro atoms. The maximum Gasteiger partial charge on any atom is 0.252 e. The van der Waals surface area contributed by atoms with Crippen molar-refractivity contribution in [1.82, 2.24) is 10.3 Å². The minimum absolute atomic E-state index is 0.0287. The highest BCUT2D eigenvalue weighted by atomic mass is 35.5. The van der Waals surface area contributed by atoms with Gasteiger partial charge in [0.1, 0.15) is 5.02 Å². The summed E-state index contributed by atoms with van der Waals surface area (Å²) in [5, 5.41) is 11.9. The van der Waals surface area contributed by atoms with Crippen LogP contribution in [0.15, 0.2) is 12.3 Å². The van der Waals surface area contributed by atoms with Crippen LogP contribution in [0.1, 0.15) is 37.6 Å². The summed E-state index contributed by atoms with van der Waals surface area (Å²) in [5.74, 6) is 0.308. The second-order valence-electron chi connectivity index (χ2n) is 5.01. The Bertz CT molecular complexity index is 452. The number of rotatable bonds is 7. The molecule has 0 aromatic carbocycles. The first kappa shape index (κ1) is 16.7. The van der Waals surface area contributed by atoms with Crippen molar-refractivity contribution in [1.29, 1.82) is 0 Å². The van der Waals surface area contributed by atoms with Gasteiger partial charge in [0.2, 0.25) is 5.88 Å². The molecule has 0 aliphatic heterocycles. The van der Waals surface area contributed by atoms with Crippen molar-refractivity contribution in [3.8, 4) is 5.88 Å². The van der Waals surface area contributed by atoms with Crippen LogP contribution in [-0.4, -0.2) is 35.3 Å². The highest BCUT2D eigenvalue weighted by Crippen LogP contribution is 2.23. The normalized spacial score (nSPS) is 12.3. The topological polar surface area (TPSA) is 71.5 Å². The molecule has 0 fully saturated rings. The first-order valence-corrected chi connectivity index (χ1v) is 7.03. The molecule has 112 valence electrons. The van der Waals surface area contributed by atoms with Gasteiger partial charge in [-0.1, -0.05) is 18.5 Å². The van der Waals surface area contributed by atoms with E-state index in [-0.39, 0.29) is 24.5 Å². The van der Waals surface area contributed by atoms with Gasteiger partial charge in [0, 0.05) is 19.3 Å². The van der Waals surface area contributed by atoms with Gasteiger partial charge in [0.15, 0.2) is 0 Å². The third-order valence-corrected chi connectivity index (χ3v) is 2.92. The number of carbonyl (C=O) groups excluding carboxylic acids is 1. The molecular formula is C14H21ClN2O3. The number of aromatic nitrogens is 1. The quantitative estimate of drug-likeness (QED) is 0.810. The number of hydrogen-bond acceptors (Lipinski definition) is 4. The van der Waals surface area contributed by atoms with E-state index in [1.165, 1.54) is 12.3 Å². The van der Waals surface area contributed by atoms with Gasteiger partial charge >= 0.3 is 0 Å². The van der Waals surface area contributed by atoms with Gasteiger partial charge in [-0.2, -0.15) is 0 Å². The van der Waals surface area contributed by atoms with E-state index in [0.717, 1.165) is 0 Å². The smallest absolute Gasteiger partial charge is 0.252 e. The summed E-state index contributed by atoms with van der Waals surface area (Å²) in [6.45, 7) is 6.33. The SMILES string of the molecule is CC(CCO)CNC(=O)c1cnc(OC(C)C)c(Cl)c1. The summed E-state index contributed by atoms with van der Waals surface area (Å²) in [5.41, 5.74) is 0.391. The lowest BCUT2D eigenvalue weighted by molar-refractivity contribution is 0.0945. The first-order chi connectivity index (χ1) is 9.43. The van der Waals surface area contributed by atoms with Crippen LogP contribution in [0.3, 0.4) is 0 Å². The highest BCUT2D eigenvalue weighted by molar-refractivity contribution is 6.32. The van der Waals surface area contributed by atoms with Crippen molar-refractivity contribution in [2.75, 3.05) is 13.2 Å². The van der Waals surface area contributed by atoms with E-state index in [9.17, 15) is 4.79 Å². The minimum atomic E-state index is -0.236. The van der Waals surface area contributed by atoms with E-state index in [2.05, 4.69) is 10.3 Å². The average molecular weight is 301 g/mol. The van der Waals surface area contributed by atoms with Crippen molar-refractivity contribution >= 4 is 17.5 Å². The molecule has 0 aliphatic carbocycles. The molecule has 0 bridgehead atoms. The van der Waals surface area contributed by atoms with E-state index in [1.807, 2.05) is 20.8 Å². The molecule has 0 radical (unpaired) electrons. The van der Waals surface area contributed by atoms with Crippen molar-refractivity contribution in [2.45, 2.75) is 33.3 Å². The van der Waals surface area contributed by atoms with Crippen molar-refractivity contribution in [2.24, 2.45) is 5.92 Å². The van der Waals surface area contributed by atoms with Gasteiger partial charge in [-0.05, 0) is 32.3 Å². The maximum absolute atomic E-state index is 11.9. The summed E-state index contributed by atoms with van der Waals surface area (Å²) in [4.78, 5) is 16.0. The number of aliphatic hydroxyl groups excluding tert-OH is 1. The van der Waals surface area contributed by atoms with Crippen LogP contribution in [0.5, 0.6) is 5.88 Å². The monoisotopic (exact) mass is 300 g/mol. The number of halogens is 1. The Kier molecular flexibility index (Phi) is 6.75. The number of aliphatic hydroxyl groups is 1. The zero-order valence-electron chi connectivity index (χ0n) is 12.0. The lowest BCUT2D eigenvalue weighted by Gasteiger charge is -2.13. The molecule has 20 heavy (non-hydrogen) atoms. The van der Waals surface area contributed by atoms with Crippen LogP contribution in [0.25, 0.3) is 0 Å². The van der Waals surface area contributed by atoms with Gasteiger partial charge in [-0.25, -0.2) is 4.98 Å². The Morgan fingerprint density at radius 1 is 1.50 bits per heavy atom. The van der Waals surface area contributed by atoms with Crippen LogP contribution in [0.4, 0.5) is 0 Å². The van der Waals surface area contributed by atoms with E-state index in [4.69, 9.17) is 21.4 Å². The molecule has 0 saturated heterocycles.